The first-order chi connectivity index (χ1) is 9.43. The zero-order chi connectivity index (χ0) is 14.9. The fraction of sp³-hybridized carbons (Fsp3) is 0.167. The molecule has 1 aliphatic rings. The van der Waals surface area contributed by atoms with Gasteiger partial charge in [-0.3, -0.25) is 14.5 Å². The van der Waals surface area contributed by atoms with Crippen LogP contribution in [0, 0.1) is 11.6 Å². The molecule has 5 nitrogen and oxygen atoms in total. The van der Waals surface area contributed by atoms with E-state index in [1.54, 1.807) is 0 Å². The lowest BCUT2D eigenvalue weighted by Crippen LogP contribution is -2.34. The summed E-state index contributed by atoms with van der Waals surface area (Å²) in [7, 11) is 0. The summed E-state index contributed by atoms with van der Waals surface area (Å²) in [6.45, 7) is -0.480. The van der Waals surface area contributed by atoms with Crippen LogP contribution in [0.15, 0.2) is 28.4 Å². The second-order valence-corrected chi connectivity index (χ2v) is 4.80. The first-order valence-corrected chi connectivity index (χ1v) is 6.33. The van der Waals surface area contributed by atoms with E-state index < -0.39 is 23.4 Å². The van der Waals surface area contributed by atoms with Crippen molar-refractivity contribution in [3.8, 4) is 0 Å². The van der Waals surface area contributed by atoms with E-state index in [1.807, 2.05) is 0 Å². The summed E-state index contributed by atoms with van der Waals surface area (Å²) in [6, 6.07) is 1.78. The average molecular weight is 347 g/mol. The fourth-order valence-electron chi connectivity index (χ4n) is 1.67. The molecular weight excluding hydrogens is 338 g/mol. The highest BCUT2D eigenvalue weighted by molar-refractivity contribution is 9.10. The van der Waals surface area contributed by atoms with Gasteiger partial charge in [0.05, 0.1) is 18.8 Å². The minimum atomic E-state index is -1.08. The van der Waals surface area contributed by atoms with Crippen molar-refractivity contribution in [1.29, 1.82) is 0 Å². The standard InChI is InChI=1S/C12H9BrF2N2O3/c13-6-3-7(14)8(15)4-9(6)16-10-5-11(19)17(1-2-18)12(10)20/h3-5,16,18H,1-2H2. The van der Waals surface area contributed by atoms with Crippen LogP contribution >= 0.6 is 15.9 Å². The van der Waals surface area contributed by atoms with Gasteiger partial charge < -0.3 is 10.4 Å². The Balaban J connectivity index is 2.23. The molecule has 0 fully saturated rings. The molecule has 8 heteroatoms. The third kappa shape index (κ3) is 2.70. The van der Waals surface area contributed by atoms with Gasteiger partial charge in [0.1, 0.15) is 5.70 Å². The van der Waals surface area contributed by atoms with Gasteiger partial charge >= 0.3 is 0 Å². The van der Waals surface area contributed by atoms with Gasteiger partial charge in [-0.15, -0.1) is 0 Å². The molecule has 20 heavy (non-hydrogen) atoms. The van der Waals surface area contributed by atoms with Crippen LogP contribution in [-0.4, -0.2) is 35.0 Å². The Morgan fingerprint density at radius 3 is 2.55 bits per heavy atom. The number of hydrogen-bond acceptors (Lipinski definition) is 4. The van der Waals surface area contributed by atoms with Gasteiger partial charge in [-0.05, 0) is 22.0 Å². The zero-order valence-corrected chi connectivity index (χ0v) is 11.6. The summed E-state index contributed by atoms with van der Waals surface area (Å²) in [5, 5.41) is 11.3. The Morgan fingerprint density at radius 1 is 1.25 bits per heavy atom. The average Bonchev–Trinajstić information content (AvgIpc) is 2.64. The number of hydrogen-bond donors (Lipinski definition) is 2. The van der Waals surface area contributed by atoms with Crippen molar-refractivity contribution in [3.05, 3.63) is 40.0 Å². The lowest BCUT2D eigenvalue weighted by molar-refractivity contribution is -0.137. The lowest BCUT2D eigenvalue weighted by Gasteiger charge is -2.14. The van der Waals surface area contributed by atoms with Gasteiger partial charge in [-0.1, -0.05) is 0 Å². The second-order valence-electron chi connectivity index (χ2n) is 3.95. The molecule has 0 saturated carbocycles. The SMILES string of the molecule is O=C1C=C(Nc2cc(F)c(F)cc2Br)C(=O)N1CCO. The van der Waals surface area contributed by atoms with Gasteiger partial charge in [0.2, 0.25) is 0 Å². The molecule has 0 unspecified atom stereocenters. The molecule has 1 heterocycles. The van der Waals surface area contributed by atoms with Crippen molar-refractivity contribution in [1.82, 2.24) is 4.90 Å². The monoisotopic (exact) mass is 346 g/mol. The summed E-state index contributed by atoms with van der Waals surface area (Å²) < 4.78 is 26.3. The molecule has 0 atom stereocenters. The first kappa shape index (κ1) is 14.6. The van der Waals surface area contributed by atoms with Crippen molar-refractivity contribution < 1.29 is 23.5 Å². The van der Waals surface area contributed by atoms with Crippen molar-refractivity contribution in [3.63, 3.8) is 0 Å². The first-order valence-electron chi connectivity index (χ1n) is 5.54. The maximum atomic E-state index is 13.2. The minimum Gasteiger partial charge on any atom is -0.395 e. The number of amides is 2. The number of nitrogens with zero attached hydrogens (tertiary/aromatic N) is 1. The van der Waals surface area contributed by atoms with E-state index in [2.05, 4.69) is 21.2 Å². The van der Waals surface area contributed by atoms with E-state index in [0.717, 1.165) is 23.1 Å². The maximum absolute atomic E-state index is 13.2. The van der Waals surface area contributed by atoms with Crippen LogP contribution < -0.4 is 5.32 Å². The maximum Gasteiger partial charge on any atom is 0.277 e. The van der Waals surface area contributed by atoms with Gasteiger partial charge in [0.15, 0.2) is 11.6 Å². The summed E-state index contributed by atoms with van der Waals surface area (Å²) in [6.07, 6.45) is 1.03. The van der Waals surface area contributed by atoms with Gasteiger partial charge in [0, 0.05) is 16.6 Å². The van der Waals surface area contributed by atoms with Crippen LogP contribution in [0.4, 0.5) is 14.5 Å². The van der Waals surface area contributed by atoms with Crippen LogP contribution in [-0.2, 0) is 9.59 Å². The normalized spacial score (nSPS) is 14.8. The minimum absolute atomic E-state index is 0.0739. The second kappa shape index (κ2) is 5.68. The molecule has 0 saturated heterocycles. The molecule has 1 aliphatic heterocycles. The van der Waals surface area contributed by atoms with Crippen molar-refractivity contribution in [2.75, 3.05) is 18.5 Å². The number of nitrogens with one attached hydrogen (secondary N) is 1. The molecule has 2 amide bonds. The van der Waals surface area contributed by atoms with E-state index >= 15 is 0 Å². The van der Waals surface area contributed by atoms with Crippen molar-refractivity contribution >= 4 is 33.4 Å². The molecule has 106 valence electrons. The number of imide groups is 1. The molecule has 0 spiro atoms. The van der Waals surface area contributed by atoms with E-state index in [9.17, 15) is 18.4 Å². The molecular formula is C12H9BrF2N2O3. The van der Waals surface area contributed by atoms with Crippen molar-refractivity contribution in [2.45, 2.75) is 0 Å². The van der Waals surface area contributed by atoms with E-state index in [-0.39, 0.29) is 29.0 Å². The van der Waals surface area contributed by atoms with E-state index in [1.165, 1.54) is 0 Å². The number of aliphatic hydroxyl groups is 1. The summed E-state index contributed by atoms with van der Waals surface area (Å²) in [5.41, 5.74) is 0.0392. The molecule has 1 aromatic rings. The number of carbonyl (C=O) groups excluding carboxylic acids is 2. The largest absolute Gasteiger partial charge is 0.395 e. The molecule has 0 aromatic heterocycles. The van der Waals surface area contributed by atoms with Crippen LogP contribution in [0.1, 0.15) is 0 Å². The molecule has 2 rings (SSSR count). The highest BCUT2D eigenvalue weighted by Gasteiger charge is 2.31. The predicted molar refractivity (Wildman–Crippen MR) is 69.6 cm³/mol. The Hall–Kier alpha value is -1.80. The Morgan fingerprint density at radius 2 is 1.90 bits per heavy atom. The third-order valence-corrected chi connectivity index (χ3v) is 3.27. The van der Waals surface area contributed by atoms with Gasteiger partial charge in [-0.2, -0.15) is 0 Å². The van der Waals surface area contributed by atoms with Crippen LogP contribution in [0.3, 0.4) is 0 Å². The van der Waals surface area contributed by atoms with Gasteiger partial charge in [0.25, 0.3) is 11.8 Å². The lowest BCUT2D eigenvalue weighted by atomic mass is 10.3. The summed E-state index contributed by atoms with van der Waals surface area (Å²) in [4.78, 5) is 24.2. The quantitative estimate of drug-likeness (QED) is 0.638. The number of anilines is 1. The van der Waals surface area contributed by atoms with Gasteiger partial charge in [-0.25, -0.2) is 8.78 Å². The highest BCUT2D eigenvalue weighted by atomic mass is 79.9. The molecule has 1 aromatic carbocycles. The molecule has 0 radical (unpaired) electrons. The number of benzene rings is 1. The number of rotatable bonds is 4. The van der Waals surface area contributed by atoms with Crippen molar-refractivity contribution in [2.24, 2.45) is 0 Å². The Labute approximate surface area is 121 Å². The molecule has 2 N–H and O–H groups in total. The third-order valence-electron chi connectivity index (χ3n) is 2.61. The summed E-state index contributed by atoms with van der Waals surface area (Å²) in [5.74, 6) is -3.33. The van der Waals surface area contributed by atoms with Crippen LogP contribution in [0.2, 0.25) is 0 Å². The Kier molecular flexibility index (Phi) is 4.15. The van der Waals surface area contributed by atoms with Crippen LogP contribution in [0.5, 0.6) is 0 Å². The topological polar surface area (TPSA) is 69.6 Å². The summed E-state index contributed by atoms with van der Waals surface area (Å²) >= 11 is 3.02. The molecule has 0 bridgehead atoms. The van der Waals surface area contributed by atoms with E-state index in [0.29, 0.717) is 0 Å². The number of halogens is 3. The predicted octanol–water partition coefficient (Wildman–Crippen LogP) is 1.38. The number of carbonyl (C=O) groups is 2. The van der Waals surface area contributed by atoms with Crippen LogP contribution in [0.25, 0.3) is 0 Å². The number of β-amino-alcohol motifs (C(OH)–C–C–N with tert-alkyl or cyclic N) is 1. The fourth-order valence-corrected chi connectivity index (χ4v) is 2.09. The zero-order valence-electron chi connectivity index (χ0n) is 9.99. The molecule has 0 aliphatic carbocycles. The smallest absolute Gasteiger partial charge is 0.277 e. The van der Waals surface area contributed by atoms with E-state index in [4.69, 9.17) is 5.11 Å². The highest BCUT2D eigenvalue weighted by Crippen LogP contribution is 2.27. The number of aliphatic hydroxyl groups excluding tert-OH is 1. The Bertz CT molecular complexity index is 619.